The minimum atomic E-state index is -0.440. The summed E-state index contributed by atoms with van der Waals surface area (Å²) in [4.78, 5) is 33.1. The number of amides is 1. The highest BCUT2D eigenvalue weighted by Gasteiger charge is 2.23. The summed E-state index contributed by atoms with van der Waals surface area (Å²) < 4.78 is 1.70. The van der Waals surface area contributed by atoms with Gasteiger partial charge in [-0.3, -0.25) is 14.2 Å². The van der Waals surface area contributed by atoms with Crippen LogP contribution in [0.4, 0.5) is 5.69 Å². The lowest BCUT2D eigenvalue weighted by Crippen LogP contribution is -2.28. The van der Waals surface area contributed by atoms with Crippen molar-refractivity contribution in [1.82, 2.24) is 9.55 Å². The maximum absolute atomic E-state index is 13.3. The highest BCUT2D eigenvalue weighted by Crippen LogP contribution is 2.32. The molecule has 5 nitrogen and oxygen atoms in total. The third-order valence-electron chi connectivity index (χ3n) is 5.64. The molecule has 2 aromatic heterocycles. The molecule has 0 spiro atoms. The standard InChI is InChI=1S/C26H27N3O2S2/c1-15(2)29-25(31)22-16(3)17(4)32-24(22)28-26(29)33-18(5)23(30)27-21-14-10-9-13-20(21)19-11-7-6-8-12-19/h6-15,18H,1-5H3,(H,27,30). The predicted octanol–water partition coefficient (Wildman–Crippen LogP) is 6.44. The van der Waals surface area contributed by atoms with E-state index in [9.17, 15) is 9.59 Å². The van der Waals surface area contributed by atoms with Gasteiger partial charge in [0.1, 0.15) is 4.83 Å². The zero-order valence-corrected chi connectivity index (χ0v) is 21.0. The Labute approximate surface area is 201 Å². The van der Waals surface area contributed by atoms with E-state index in [0.29, 0.717) is 10.5 Å². The first-order valence-electron chi connectivity index (χ1n) is 10.9. The van der Waals surface area contributed by atoms with Gasteiger partial charge in [-0.05, 0) is 51.8 Å². The summed E-state index contributed by atoms with van der Waals surface area (Å²) >= 11 is 2.84. The lowest BCUT2D eigenvalue weighted by Gasteiger charge is -2.18. The molecule has 4 rings (SSSR count). The van der Waals surface area contributed by atoms with Gasteiger partial charge < -0.3 is 5.32 Å². The first kappa shape index (κ1) is 23.3. The average Bonchev–Trinajstić information content (AvgIpc) is 3.08. The summed E-state index contributed by atoms with van der Waals surface area (Å²) in [6.45, 7) is 9.75. The Balaban J connectivity index is 1.63. The van der Waals surface area contributed by atoms with Crippen LogP contribution in [0.1, 0.15) is 37.3 Å². The molecule has 0 saturated heterocycles. The van der Waals surface area contributed by atoms with E-state index in [-0.39, 0.29) is 17.5 Å². The van der Waals surface area contributed by atoms with Crippen molar-refractivity contribution in [1.29, 1.82) is 0 Å². The van der Waals surface area contributed by atoms with Gasteiger partial charge in [-0.25, -0.2) is 4.98 Å². The minimum absolute atomic E-state index is 0.0404. The number of fused-ring (bicyclic) bond motifs is 1. The second-order valence-electron chi connectivity index (χ2n) is 8.29. The van der Waals surface area contributed by atoms with E-state index < -0.39 is 5.25 Å². The third-order valence-corrected chi connectivity index (χ3v) is 7.81. The summed E-state index contributed by atoms with van der Waals surface area (Å²) in [6.07, 6.45) is 0. The Morgan fingerprint density at radius 2 is 1.70 bits per heavy atom. The number of para-hydroxylation sites is 1. The number of carbonyl (C=O) groups excluding carboxylic acids is 1. The quantitative estimate of drug-likeness (QED) is 0.256. The Bertz CT molecular complexity index is 1370. The molecule has 33 heavy (non-hydrogen) atoms. The molecule has 1 N–H and O–H groups in total. The van der Waals surface area contributed by atoms with Crippen LogP contribution in [0.2, 0.25) is 0 Å². The number of rotatable bonds is 6. The van der Waals surface area contributed by atoms with Crippen LogP contribution >= 0.6 is 23.1 Å². The Hall–Kier alpha value is -2.90. The highest BCUT2D eigenvalue weighted by atomic mass is 32.2. The molecule has 0 radical (unpaired) electrons. The number of hydrogen-bond acceptors (Lipinski definition) is 5. The van der Waals surface area contributed by atoms with Gasteiger partial charge in [-0.2, -0.15) is 0 Å². The van der Waals surface area contributed by atoms with E-state index >= 15 is 0 Å². The molecule has 0 aliphatic rings. The van der Waals surface area contributed by atoms with Crippen molar-refractivity contribution in [3.05, 3.63) is 75.4 Å². The van der Waals surface area contributed by atoms with Crippen LogP contribution in [0.25, 0.3) is 21.3 Å². The largest absolute Gasteiger partial charge is 0.325 e. The van der Waals surface area contributed by atoms with Gasteiger partial charge in [0.25, 0.3) is 5.56 Å². The van der Waals surface area contributed by atoms with Crippen LogP contribution in [0.3, 0.4) is 0 Å². The summed E-state index contributed by atoms with van der Waals surface area (Å²) in [6, 6.07) is 17.7. The monoisotopic (exact) mass is 477 g/mol. The van der Waals surface area contributed by atoms with Crippen molar-refractivity contribution in [3.63, 3.8) is 0 Å². The molecule has 7 heteroatoms. The molecule has 1 atom stereocenters. The zero-order chi connectivity index (χ0) is 23.7. The lowest BCUT2D eigenvalue weighted by atomic mass is 10.0. The van der Waals surface area contributed by atoms with E-state index in [1.165, 1.54) is 23.1 Å². The molecule has 1 unspecified atom stereocenters. The molecular formula is C26H27N3O2S2. The molecule has 170 valence electrons. The number of carbonyl (C=O) groups is 1. The van der Waals surface area contributed by atoms with Crippen LogP contribution in [0.5, 0.6) is 0 Å². The average molecular weight is 478 g/mol. The van der Waals surface area contributed by atoms with Gasteiger partial charge in [-0.1, -0.05) is 60.3 Å². The normalized spacial score (nSPS) is 12.3. The summed E-state index contributed by atoms with van der Waals surface area (Å²) in [5.74, 6) is -0.133. The molecule has 0 saturated carbocycles. The Morgan fingerprint density at radius 1 is 1.03 bits per heavy atom. The van der Waals surface area contributed by atoms with Crippen LogP contribution in [-0.4, -0.2) is 20.7 Å². The first-order chi connectivity index (χ1) is 15.8. The predicted molar refractivity (Wildman–Crippen MR) is 140 cm³/mol. The van der Waals surface area contributed by atoms with Gasteiger partial charge in [0.15, 0.2) is 5.16 Å². The topological polar surface area (TPSA) is 64.0 Å². The summed E-state index contributed by atoms with van der Waals surface area (Å²) in [5.41, 5.74) is 3.71. The van der Waals surface area contributed by atoms with Gasteiger partial charge in [0, 0.05) is 22.2 Å². The molecule has 2 aromatic carbocycles. The smallest absolute Gasteiger partial charge is 0.263 e. The number of benzene rings is 2. The van der Waals surface area contributed by atoms with E-state index in [4.69, 9.17) is 4.98 Å². The number of thiophene rings is 1. The van der Waals surface area contributed by atoms with Gasteiger partial charge in [0.2, 0.25) is 5.91 Å². The number of aromatic nitrogens is 2. The SMILES string of the molecule is Cc1sc2nc(SC(C)C(=O)Nc3ccccc3-c3ccccc3)n(C(C)C)c(=O)c2c1C. The molecule has 0 aliphatic carbocycles. The summed E-state index contributed by atoms with van der Waals surface area (Å²) in [7, 11) is 0. The van der Waals surface area contributed by atoms with Crippen molar-refractivity contribution in [3.8, 4) is 11.1 Å². The van der Waals surface area contributed by atoms with Crippen molar-refractivity contribution in [2.45, 2.75) is 51.1 Å². The van der Waals surface area contributed by atoms with E-state index in [0.717, 1.165) is 32.1 Å². The van der Waals surface area contributed by atoms with Gasteiger partial charge in [-0.15, -0.1) is 11.3 Å². The maximum Gasteiger partial charge on any atom is 0.263 e. The fraction of sp³-hybridized carbons (Fsp3) is 0.269. The fourth-order valence-electron chi connectivity index (χ4n) is 3.73. The number of thioether (sulfide) groups is 1. The zero-order valence-electron chi connectivity index (χ0n) is 19.4. The number of anilines is 1. The third kappa shape index (κ3) is 4.61. The highest BCUT2D eigenvalue weighted by molar-refractivity contribution is 8.00. The van der Waals surface area contributed by atoms with Crippen LogP contribution < -0.4 is 10.9 Å². The number of hydrogen-bond donors (Lipinski definition) is 1. The summed E-state index contributed by atoms with van der Waals surface area (Å²) in [5, 5.41) is 3.89. The van der Waals surface area contributed by atoms with Crippen molar-refractivity contribution < 1.29 is 4.79 Å². The van der Waals surface area contributed by atoms with Gasteiger partial charge >= 0.3 is 0 Å². The number of aryl methyl sites for hydroxylation is 2. The second-order valence-corrected chi connectivity index (χ2v) is 10.8. The maximum atomic E-state index is 13.3. The second kappa shape index (κ2) is 9.53. The Kier molecular flexibility index (Phi) is 6.72. The minimum Gasteiger partial charge on any atom is -0.325 e. The number of nitrogens with one attached hydrogen (secondary N) is 1. The molecular weight excluding hydrogens is 450 g/mol. The van der Waals surface area contributed by atoms with E-state index in [1.54, 1.807) is 4.57 Å². The molecule has 0 fully saturated rings. The molecule has 1 amide bonds. The molecule has 4 aromatic rings. The molecule has 0 aliphatic heterocycles. The van der Waals surface area contributed by atoms with Crippen molar-refractivity contribution >= 4 is 44.9 Å². The molecule has 0 bridgehead atoms. The van der Waals surface area contributed by atoms with Crippen LogP contribution in [0, 0.1) is 13.8 Å². The van der Waals surface area contributed by atoms with Crippen LogP contribution in [-0.2, 0) is 4.79 Å². The first-order valence-corrected chi connectivity index (χ1v) is 12.6. The Morgan fingerprint density at radius 3 is 2.39 bits per heavy atom. The van der Waals surface area contributed by atoms with Crippen LogP contribution in [0.15, 0.2) is 64.5 Å². The number of nitrogens with zero attached hydrogens (tertiary/aromatic N) is 2. The van der Waals surface area contributed by atoms with Gasteiger partial charge in [0.05, 0.1) is 10.6 Å². The van der Waals surface area contributed by atoms with E-state index in [1.807, 2.05) is 89.2 Å². The molecule has 2 heterocycles. The fourth-order valence-corrected chi connectivity index (χ4v) is 5.84. The van der Waals surface area contributed by atoms with E-state index in [2.05, 4.69) is 5.32 Å². The lowest BCUT2D eigenvalue weighted by molar-refractivity contribution is -0.115. The van der Waals surface area contributed by atoms with Crippen molar-refractivity contribution in [2.24, 2.45) is 0 Å². The van der Waals surface area contributed by atoms with Crippen molar-refractivity contribution in [2.75, 3.05) is 5.32 Å².